The van der Waals surface area contributed by atoms with Crippen molar-refractivity contribution in [2.45, 2.75) is 20.3 Å². The normalized spacial score (nSPS) is 10.7. The summed E-state index contributed by atoms with van der Waals surface area (Å²) in [5.74, 6) is -1.24. The first kappa shape index (κ1) is 29.5. The van der Waals surface area contributed by atoms with Gasteiger partial charge in [0.25, 0.3) is 0 Å². The summed E-state index contributed by atoms with van der Waals surface area (Å²) in [6.07, 6.45) is 0.562. The molecule has 6 rings (SSSR count). The molecule has 0 saturated heterocycles. The fourth-order valence-electron chi connectivity index (χ4n) is 5.06. The van der Waals surface area contributed by atoms with E-state index >= 15 is 0 Å². The SMILES string of the molecule is CC.Fc1ccc(-c2cc(Cc3cc(-c4ccc(F)cc4)cc(-c4ccc(F)cc4)c3)cc(-c3ccc(F)cc3)c2)cc1. The third-order valence-corrected chi connectivity index (χ3v) is 7.10. The van der Waals surface area contributed by atoms with Crippen molar-refractivity contribution in [2.24, 2.45) is 0 Å². The molecule has 0 radical (unpaired) electrons. The summed E-state index contributed by atoms with van der Waals surface area (Å²) in [6.45, 7) is 4.00. The Hall–Kier alpha value is -4.96. The monoisotopic (exact) mass is 574 g/mol. The van der Waals surface area contributed by atoms with E-state index in [0.29, 0.717) is 6.42 Å². The topological polar surface area (TPSA) is 0 Å². The lowest BCUT2D eigenvalue weighted by Gasteiger charge is -2.14. The number of halogens is 4. The van der Waals surface area contributed by atoms with Crippen molar-refractivity contribution in [3.05, 3.63) is 168 Å². The molecule has 43 heavy (non-hydrogen) atoms. The molecular formula is C39H30F4. The van der Waals surface area contributed by atoms with E-state index in [1.807, 2.05) is 26.0 Å². The minimum Gasteiger partial charge on any atom is -0.207 e. The van der Waals surface area contributed by atoms with Gasteiger partial charge in [-0.25, -0.2) is 17.6 Å². The summed E-state index contributed by atoms with van der Waals surface area (Å²) in [6, 6.07) is 37.7. The highest BCUT2D eigenvalue weighted by Crippen LogP contribution is 2.33. The third-order valence-electron chi connectivity index (χ3n) is 7.10. The molecule has 6 aromatic rings. The fourth-order valence-corrected chi connectivity index (χ4v) is 5.06. The maximum absolute atomic E-state index is 13.7. The smallest absolute Gasteiger partial charge is 0.123 e. The Kier molecular flexibility index (Phi) is 9.17. The van der Waals surface area contributed by atoms with Crippen molar-refractivity contribution in [2.75, 3.05) is 0 Å². The second-order valence-electron chi connectivity index (χ2n) is 10.0. The number of hydrogen-bond acceptors (Lipinski definition) is 0. The van der Waals surface area contributed by atoms with Crippen LogP contribution in [0.2, 0.25) is 0 Å². The Morgan fingerprint density at radius 2 is 0.512 bits per heavy atom. The lowest BCUT2D eigenvalue weighted by molar-refractivity contribution is 0.627. The van der Waals surface area contributed by atoms with Crippen LogP contribution in [0.4, 0.5) is 17.6 Å². The molecule has 0 aliphatic carbocycles. The standard InChI is InChI=1S/C37H24F4.C2H6/c38-34-9-1-26(2-10-34)30-18-24(19-31(22-30)27-3-11-35(39)12-4-27)17-25-20-32(28-5-13-36(40)14-6-28)23-33(21-25)29-7-15-37(41)16-8-29;1-2/h1-16,18-23H,17H2;1-2H3. The molecule has 0 saturated carbocycles. The van der Waals surface area contributed by atoms with Gasteiger partial charge in [0.15, 0.2) is 0 Å². The number of hydrogen-bond donors (Lipinski definition) is 0. The third kappa shape index (κ3) is 7.28. The molecule has 0 aromatic heterocycles. The minimum atomic E-state index is -0.311. The Balaban J connectivity index is 0.00000180. The van der Waals surface area contributed by atoms with Gasteiger partial charge in [0.05, 0.1) is 0 Å². The maximum atomic E-state index is 13.7. The van der Waals surface area contributed by atoms with Gasteiger partial charge in [0.1, 0.15) is 23.3 Å². The van der Waals surface area contributed by atoms with Crippen molar-refractivity contribution in [3.63, 3.8) is 0 Å². The van der Waals surface area contributed by atoms with Crippen molar-refractivity contribution >= 4 is 0 Å². The van der Waals surface area contributed by atoms with E-state index in [1.54, 1.807) is 48.5 Å². The summed E-state index contributed by atoms with van der Waals surface area (Å²) < 4.78 is 54.7. The Morgan fingerprint density at radius 3 is 0.721 bits per heavy atom. The highest BCUT2D eigenvalue weighted by molar-refractivity contribution is 5.76. The molecule has 0 aliphatic heterocycles. The number of rotatable bonds is 6. The first-order valence-electron chi connectivity index (χ1n) is 14.2. The Morgan fingerprint density at radius 1 is 0.302 bits per heavy atom. The van der Waals surface area contributed by atoms with E-state index < -0.39 is 0 Å². The van der Waals surface area contributed by atoms with Crippen LogP contribution in [0.1, 0.15) is 25.0 Å². The maximum Gasteiger partial charge on any atom is 0.123 e. The van der Waals surface area contributed by atoms with E-state index in [0.717, 1.165) is 55.6 Å². The molecule has 4 heteroatoms. The zero-order chi connectivity index (χ0) is 30.3. The summed E-state index contributed by atoms with van der Waals surface area (Å²) in [5, 5.41) is 0. The predicted octanol–water partition coefficient (Wildman–Crippen LogP) is 11.5. The molecule has 0 nitrogen and oxygen atoms in total. The Labute approximate surface area is 249 Å². The van der Waals surface area contributed by atoms with Gasteiger partial charge in [-0.3, -0.25) is 0 Å². The molecule has 0 N–H and O–H groups in total. The second kappa shape index (κ2) is 13.3. The van der Waals surface area contributed by atoms with E-state index in [-0.39, 0.29) is 23.3 Å². The number of benzene rings is 6. The van der Waals surface area contributed by atoms with Crippen LogP contribution in [0.5, 0.6) is 0 Å². The van der Waals surface area contributed by atoms with Gasteiger partial charge in [-0.1, -0.05) is 86.6 Å². The van der Waals surface area contributed by atoms with E-state index in [1.165, 1.54) is 48.5 Å². The lowest BCUT2D eigenvalue weighted by atomic mass is 9.91. The zero-order valence-electron chi connectivity index (χ0n) is 23.9. The largest absolute Gasteiger partial charge is 0.207 e. The zero-order valence-corrected chi connectivity index (χ0v) is 23.9. The predicted molar refractivity (Wildman–Crippen MR) is 169 cm³/mol. The van der Waals surface area contributed by atoms with Gasteiger partial charge in [-0.2, -0.15) is 0 Å². The summed E-state index contributed by atoms with van der Waals surface area (Å²) in [7, 11) is 0. The van der Waals surface area contributed by atoms with Crippen molar-refractivity contribution in [1.29, 1.82) is 0 Å². The molecule has 0 amide bonds. The highest BCUT2D eigenvalue weighted by atomic mass is 19.1. The van der Waals surface area contributed by atoms with Crippen LogP contribution in [-0.2, 0) is 6.42 Å². The van der Waals surface area contributed by atoms with Crippen LogP contribution in [-0.4, -0.2) is 0 Å². The minimum absolute atomic E-state index is 0.311. The van der Waals surface area contributed by atoms with E-state index in [9.17, 15) is 17.6 Å². The average molecular weight is 575 g/mol. The lowest BCUT2D eigenvalue weighted by Crippen LogP contribution is -1.94. The molecule has 0 bridgehead atoms. The first-order valence-corrected chi connectivity index (χ1v) is 14.2. The summed E-state index contributed by atoms with van der Waals surface area (Å²) in [4.78, 5) is 0. The molecule has 0 atom stereocenters. The highest BCUT2D eigenvalue weighted by Gasteiger charge is 2.11. The van der Waals surface area contributed by atoms with E-state index in [2.05, 4.69) is 24.3 Å². The van der Waals surface area contributed by atoms with Crippen LogP contribution in [0.25, 0.3) is 44.5 Å². The van der Waals surface area contributed by atoms with Crippen LogP contribution in [0.15, 0.2) is 133 Å². The first-order chi connectivity index (χ1) is 20.9. The van der Waals surface area contributed by atoms with Gasteiger partial charge < -0.3 is 0 Å². The van der Waals surface area contributed by atoms with Crippen LogP contribution in [0.3, 0.4) is 0 Å². The van der Waals surface area contributed by atoms with Gasteiger partial charge in [-0.05, 0) is 123 Å². The molecule has 0 heterocycles. The fraction of sp³-hybridized carbons (Fsp3) is 0.0769. The molecule has 0 fully saturated rings. The van der Waals surface area contributed by atoms with Crippen molar-refractivity contribution in [1.82, 2.24) is 0 Å². The van der Waals surface area contributed by atoms with Gasteiger partial charge in [-0.15, -0.1) is 0 Å². The van der Waals surface area contributed by atoms with Crippen molar-refractivity contribution < 1.29 is 17.6 Å². The van der Waals surface area contributed by atoms with Crippen LogP contribution in [0, 0.1) is 23.3 Å². The second-order valence-corrected chi connectivity index (χ2v) is 10.0. The molecule has 214 valence electrons. The van der Waals surface area contributed by atoms with Crippen LogP contribution < -0.4 is 0 Å². The molecule has 0 unspecified atom stereocenters. The van der Waals surface area contributed by atoms with Crippen LogP contribution >= 0.6 is 0 Å². The quantitative estimate of drug-likeness (QED) is 0.174. The van der Waals surface area contributed by atoms with Gasteiger partial charge in [0.2, 0.25) is 0 Å². The molecule has 0 aliphatic rings. The molecule has 6 aromatic carbocycles. The summed E-state index contributed by atoms with van der Waals surface area (Å²) >= 11 is 0. The van der Waals surface area contributed by atoms with Gasteiger partial charge >= 0.3 is 0 Å². The van der Waals surface area contributed by atoms with Crippen molar-refractivity contribution in [3.8, 4) is 44.5 Å². The molecular weight excluding hydrogens is 544 g/mol. The van der Waals surface area contributed by atoms with Gasteiger partial charge in [0, 0.05) is 0 Å². The summed E-state index contributed by atoms with van der Waals surface area (Å²) in [5.41, 5.74) is 9.12. The average Bonchev–Trinajstić information content (AvgIpc) is 3.03. The Bertz CT molecular complexity index is 1540. The molecule has 0 spiro atoms. The van der Waals surface area contributed by atoms with E-state index in [4.69, 9.17) is 0 Å².